The van der Waals surface area contributed by atoms with Gasteiger partial charge in [0.1, 0.15) is 6.54 Å². The lowest BCUT2D eigenvalue weighted by molar-refractivity contribution is -0.384. The minimum Gasteiger partial charge on any atom is -0.480 e. The highest BCUT2D eigenvalue weighted by Crippen LogP contribution is 2.25. The van der Waals surface area contributed by atoms with Gasteiger partial charge in [0.25, 0.3) is 0 Å². The molecule has 0 aliphatic carbocycles. The topological polar surface area (TPSA) is 96.6 Å². The van der Waals surface area contributed by atoms with E-state index in [0.717, 1.165) is 0 Å². The van der Waals surface area contributed by atoms with Crippen LogP contribution in [0, 0.1) is 17.0 Å². The lowest BCUT2D eigenvalue weighted by Crippen LogP contribution is -2.26. The normalized spacial score (nSPS) is 9.88. The molecule has 86 valence electrons. The molecular formula is C9H11N3O4. The lowest BCUT2D eigenvalue weighted by atomic mass is 10.2. The minimum atomic E-state index is -1.07. The van der Waals surface area contributed by atoms with Crippen molar-refractivity contribution in [3.8, 4) is 0 Å². The van der Waals surface area contributed by atoms with E-state index in [0.29, 0.717) is 5.56 Å². The predicted octanol–water partition coefficient (Wildman–Crippen LogP) is 0.819. The standard InChI is InChI=1S/C9H11N3O4/c1-6-3-7(12(15)16)9(10-4-6)11(2)5-8(13)14/h3-4H,5H2,1-2H3,(H,13,14). The van der Waals surface area contributed by atoms with Gasteiger partial charge in [0.2, 0.25) is 5.82 Å². The Hall–Kier alpha value is -2.18. The molecule has 7 nitrogen and oxygen atoms in total. The third-order valence-electron chi connectivity index (χ3n) is 1.91. The van der Waals surface area contributed by atoms with Crippen LogP contribution >= 0.6 is 0 Å². The van der Waals surface area contributed by atoms with Crippen molar-refractivity contribution in [2.24, 2.45) is 0 Å². The van der Waals surface area contributed by atoms with Crippen LogP contribution in [0.1, 0.15) is 5.56 Å². The Bertz CT molecular complexity index is 433. The van der Waals surface area contributed by atoms with E-state index in [1.54, 1.807) is 6.92 Å². The van der Waals surface area contributed by atoms with Gasteiger partial charge in [-0.15, -0.1) is 0 Å². The number of nitro groups is 1. The van der Waals surface area contributed by atoms with E-state index >= 15 is 0 Å². The van der Waals surface area contributed by atoms with E-state index < -0.39 is 10.9 Å². The summed E-state index contributed by atoms with van der Waals surface area (Å²) in [5.41, 5.74) is 0.461. The zero-order valence-corrected chi connectivity index (χ0v) is 8.88. The first-order valence-corrected chi connectivity index (χ1v) is 4.45. The number of hydrogen-bond donors (Lipinski definition) is 1. The van der Waals surface area contributed by atoms with Gasteiger partial charge in [-0.05, 0) is 12.5 Å². The number of aryl methyl sites for hydroxylation is 1. The van der Waals surface area contributed by atoms with Crippen molar-refractivity contribution >= 4 is 17.5 Å². The van der Waals surface area contributed by atoms with Crippen LogP contribution in [0.3, 0.4) is 0 Å². The van der Waals surface area contributed by atoms with Crippen LogP contribution in [0.4, 0.5) is 11.5 Å². The highest BCUT2D eigenvalue weighted by atomic mass is 16.6. The molecule has 1 aromatic heterocycles. The second kappa shape index (κ2) is 4.56. The van der Waals surface area contributed by atoms with Crippen molar-refractivity contribution < 1.29 is 14.8 Å². The number of likely N-dealkylation sites (N-methyl/N-ethyl adjacent to an activating group) is 1. The first-order valence-electron chi connectivity index (χ1n) is 4.45. The quantitative estimate of drug-likeness (QED) is 0.601. The van der Waals surface area contributed by atoms with Gasteiger partial charge >= 0.3 is 11.7 Å². The number of carboxylic acids is 1. The van der Waals surface area contributed by atoms with Gasteiger partial charge in [-0.1, -0.05) is 0 Å². The maximum Gasteiger partial charge on any atom is 0.323 e. The SMILES string of the molecule is Cc1cnc(N(C)CC(=O)O)c([N+](=O)[O-])c1. The number of rotatable bonds is 4. The summed E-state index contributed by atoms with van der Waals surface area (Å²) in [4.78, 5) is 25.8. The summed E-state index contributed by atoms with van der Waals surface area (Å²) in [5.74, 6) is -1.02. The van der Waals surface area contributed by atoms with Gasteiger partial charge in [-0.3, -0.25) is 14.9 Å². The molecule has 0 aliphatic heterocycles. The van der Waals surface area contributed by atoms with Crippen molar-refractivity contribution in [2.45, 2.75) is 6.92 Å². The number of pyridine rings is 1. The fourth-order valence-corrected chi connectivity index (χ4v) is 1.25. The maximum atomic E-state index is 10.8. The van der Waals surface area contributed by atoms with E-state index in [9.17, 15) is 14.9 Å². The molecule has 7 heteroatoms. The molecule has 1 aromatic rings. The molecular weight excluding hydrogens is 214 g/mol. The van der Waals surface area contributed by atoms with E-state index in [2.05, 4.69) is 4.98 Å². The number of carbonyl (C=O) groups is 1. The highest BCUT2D eigenvalue weighted by Gasteiger charge is 2.20. The van der Waals surface area contributed by atoms with E-state index in [1.165, 1.54) is 24.2 Å². The van der Waals surface area contributed by atoms with Crippen LogP contribution in [0.25, 0.3) is 0 Å². The second-order valence-corrected chi connectivity index (χ2v) is 3.36. The van der Waals surface area contributed by atoms with Gasteiger partial charge in [0.15, 0.2) is 0 Å². The van der Waals surface area contributed by atoms with Crippen molar-refractivity contribution in [3.05, 3.63) is 27.9 Å². The average molecular weight is 225 g/mol. The summed E-state index contributed by atoms with van der Waals surface area (Å²) in [5, 5.41) is 19.3. The van der Waals surface area contributed by atoms with Crippen LogP contribution in [0.2, 0.25) is 0 Å². The summed E-state index contributed by atoms with van der Waals surface area (Å²) in [6.07, 6.45) is 1.46. The first kappa shape index (κ1) is 11.9. The maximum absolute atomic E-state index is 10.8. The van der Waals surface area contributed by atoms with Gasteiger partial charge < -0.3 is 10.0 Å². The summed E-state index contributed by atoms with van der Waals surface area (Å²) >= 11 is 0. The van der Waals surface area contributed by atoms with Gasteiger partial charge in [-0.2, -0.15) is 0 Å². The molecule has 16 heavy (non-hydrogen) atoms. The second-order valence-electron chi connectivity index (χ2n) is 3.36. The van der Waals surface area contributed by atoms with E-state index in [4.69, 9.17) is 5.11 Å². The average Bonchev–Trinajstić information content (AvgIpc) is 2.16. The zero-order chi connectivity index (χ0) is 12.3. The summed E-state index contributed by atoms with van der Waals surface area (Å²) in [7, 11) is 1.44. The molecule has 0 unspecified atom stereocenters. The van der Waals surface area contributed by atoms with Crippen molar-refractivity contribution in [1.82, 2.24) is 4.98 Å². The van der Waals surface area contributed by atoms with Crippen molar-refractivity contribution in [1.29, 1.82) is 0 Å². The molecule has 0 fully saturated rings. The third-order valence-corrected chi connectivity index (χ3v) is 1.91. The molecule has 0 aliphatic rings. The zero-order valence-electron chi connectivity index (χ0n) is 8.88. The lowest BCUT2D eigenvalue weighted by Gasteiger charge is -2.15. The van der Waals surface area contributed by atoms with Crippen LogP contribution < -0.4 is 4.90 Å². The Morgan fingerprint density at radius 3 is 2.81 bits per heavy atom. The third kappa shape index (κ3) is 2.66. The Morgan fingerprint density at radius 2 is 2.31 bits per heavy atom. The number of aromatic nitrogens is 1. The van der Waals surface area contributed by atoms with Gasteiger partial charge in [0.05, 0.1) is 4.92 Å². The Morgan fingerprint density at radius 1 is 1.69 bits per heavy atom. The highest BCUT2D eigenvalue weighted by molar-refractivity contribution is 5.74. The number of carboxylic acid groups (broad SMARTS) is 1. The largest absolute Gasteiger partial charge is 0.480 e. The van der Waals surface area contributed by atoms with Crippen LogP contribution in [0.5, 0.6) is 0 Å². The van der Waals surface area contributed by atoms with E-state index in [-0.39, 0.29) is 18.1 Å². The Balaban J connectivity index is 3.12. The molecule has 1 rings (SSSR count). The van der Waals surface area contributed by atoms with Crippen LogP contribution in [-0.2, 0) is 4.79 Å². The number of anilines is 1. The van der Waals surface area contributed by atoms with Crippen molar-refractivity contribution in [3.63, 3.8) is 0 Å². The molecule has 0 atom stereocenters. The minimum absolute atomic E-state index is 0.0537. The van der Waals surface area contributed by atoms with Crippen molar-refractivity contribution in [2.75, 3.05) is 18.5 Å². The van der Waals surface area contributed by atoms with E-state index in [1.807, 2.05) is 0 Å². The smallest absolute Gasteiger partial charge is 0.323 e. The monoisotopic (exact) mass is 225 g/mol. The molecule has 0 radical (unpaired) electrons. The number of nitrogens with zero attached hydrogens (tertiary/aromatic N) is 3. The summed E-state index contributed by atoms with van der Waals surface area (Å²) in [6.45, 7) is 1.35. The Kier molecular flexibility index (Phi) is 3.39. The van der Waals surface area contributed by atoms with Crippen LogP contribution in [0.15, 0.2) is 12.3 Å². The number of aliphatic carboxylic acids is 1. The first-order chi connectivity index (χ1) is 7.41. The predicted molar refractivity (Wildman–Crippen MR) is 56.5 cm³/mol. The molecule has 0 amide bonds. The Labute approximate surface area is 91.5 Å². The van der Waals surface area contributed by atoms with Gasteiger partial charge in [-0.25, -0.2) is 4.98 Å². The number of hydrogen-bond acceptors (Lipinski definition) is 5. The summed E-state index contributed by atoms with van der Waals surface area (Å²) in [6, 6.07) is 1.36. The van der Waals surface area contributed by atoms with Crippen LogP contribution in [-0.4, -0.2) is 34.6 Å². The molecule has 0 saturated heterocycles. The molecule has 0 aromatic carbocycles. The molecule has 0 bridgehead atoms. The fourth-order valence-electron chi connectivity index (χ4n) is 1.25. The molecule has 1 N–H and O–H groups in total. The summed E-state index contributed by atoms with van der Waals surface area (Å²) < 4.78 is 0. The van der Waals surface area contributed by atoms with Gasteiger partial charge in [0, 0.05) is 19.3 Å². The molecule has 1 heterocycles. The fraction of sp³-hybridized carbons (Fsp3) is 0.333. The molecule has 0 saturated carbocycles. The molecule has 0 spiro atoms.